The van der Waals surface area contributed by atoms with Crippen LogP contribution in [0.1, 0.15) is 50.5 Å². The smallest absolute Gasteiger partial charge is 0.259 e. The molecule has 0 aliphatic rings. The number of carbonyl (C=O) groups is 2. The summed E-state index contributed by atoms with van der Waals surface area (Å²) in [6.07, 6.45) is 4.78. The van der Waals surface area contributed by atoms with E-state index < -0.39 is 17.2 Å². The van der Waals surface area contributed by atoms with Gasteiger partial charge < -0.3 is 14.8 Å². The van der Waals surface area contributed by atoms with E-state index in [2.05, 4.69) is 17.4 Å². The van der Waals surface area contributed by atoms with Crippen molar-refractivity contribution in [2.75, 3.05) is 14.1 Å². The molecule has 0 saturated heterocycles. The standard InChI is InChI=1S/C24H27N3O3S/c1-17(21-12-8-14-31-21)26(3)24(30)20-16-27(15-19(22(20)28)23(29)25-2)13-7-11-18-9-5-4-6-10-18/h4-6,8-10,12,14-17H,7,11,13H2,1-3H3,(H,25,29). The van der Waals surface area contributed by atoms with Gasteiger partial charge in [-0.05, 0) is 36.8 Å². The van der Waals surface area contributed by atoms with Crippen molar-refractivity contribution in [3.63, 3.8) is 0 Å². The van der Waals surface area contributed by atoms with E-state index in [1.165, 1.54) is 18.8 Å². The van der Waals surface area contributed by atoms with Crippen LogP contribution < -0.4 is 10.7 Å². The van der Waals surface area contributed by atoms with Crippen LogP contribution in [0.15, 0.2) is 65.0 Å². The molecule has 0 bridgehead atoms. The topological polar surface area (TPSA) is 71.4 Å². The summed E-state index contributed by atoms with van der Waals surface area (Å²) < 4.78 is 1.77. The molecule has 0 aliphatic carbocycles. The lowest BCUT2D eigenvalue weighted by Gasteiger charge is -2.24. The van der Waals surface area contributed by atoms with Crippen LogP contribution in [0.25, 0.3) is 0 Å². The molecule has 3 aromatic rings. The van der Waals surface area contributed by atoms with Crippen molar-refractivity contribution in [1.82, 2.24) is 14.8 Å². The second kappa shape index (κ2) is 10.2. The van der Waals surface area contributed by atoms with Crippen LogP contribution in [0.5, 0.6) is 0 Å². The summed E-state index contributed by atoms with van der Waals surface area (Å²) in [5.74, 6) is -0.890. The average Bonchev–Trinajstić information content (AvgIpc) is 3.33. The Bertz CT molecular complexity index is 1090. The minimum Gasteiger partial charge on any atom is -0.355 e. The maximum absolute atomic E-state index is 13.2. The number of aromatic nitrogens is 1. The van der Waals surface area contributed by atoms with Crippen LogP contribution in [-0.2, 0) is 13.0 Å². The number of aryl methyl sites for hydroxylation is 2. The molecule has 162 valence electrons. The van der Waals surface area contributed by atoms with Gasteiger partial charge in [0, 0.05) is 37.9 Å². The highest BCUT2D eigenvalue weighted by molar-refractivity contribution is 7.10. The fraction of sp³-hybridized carbons (Fsp3) is 0.292. The van der Waals surface area contributed by atoms with Crippen LogP contribution in [0.4, 0.5) is 0 Å². The molecule has 0 fully saturated rings. The third-order valence-electron chi connectivity index (χ3n) is 5.36. The Balaban J connectivity index is 1.87. The SMILES string of the molecule is CNC(=O)c1cn(CCCc2ccccc2)cc(C(=O)N(C)C(C)c2cccs2)c1=O. The molecule has 0 saturated carbocycles. The average molecular weight is 438 g/mol. The van der Waals surface area contributed by atoms with E-state index in [9.17, 15) is 14.4 Å². The summed E-state index contributed by atoms with van der Waals surface area (Å²) in [6.45, 7) is 2.51. The largest absolute Gasteiger partial charge is 0.355 e. The number of amides is 2. The summed E-state index contributed by atoms with van der Waals surface area (Å²) in [6, 6.07) is 13.8. The van der Waals surface area contributed by atoms with E-state index in [-0.39, 0.29) is 17.2 Å². The van der Waals surface area contributed by atoms with E-state index in [0.29, 0.717) is 6.54 Å². The number of hydrogen-bond acceptors (Lipinski definition) is 4. The fourth-order valence-electron chi connectivity index (χ4n) is 3.41. The number of carbonyl (C=O) groups excluding carboxylic acids is 2. The summed E-state index contributed by atoms with van der Waals surface area (Å²) >= 11 is 1.56. The summed E-state index contributed by atoms with van der Waals surface area (Å²) in [5.41, 5.74) is 0.654. The Labute approximate surface area is 186 Å². The molecular formula is C24H27N3O3S. The summed E-state index contributed by atoms with van der Waals surface area (Å²) in [4.78, 5) is 41.0. The highest BCUT2D eigenvalue weighted by Crippen LogP contribution is 2.24. The van der Waals surface area contributed by atoms with Crippen molar-refractivity contribution in [2.24, 2.45) is 0 Å². The fourth-order valence-corrected chi connectivity index (χ4v) is 4.23. The van der Waals surface area contributed by atoms with E-state index in [0.717, 1.165) is 17.7 Å². The normalized spacial score (nSPS) is 11.7. The molecule has 2 aromatic heterocycles. The number of nitrogens with zero attached hydrogens (tertiary/aromatic N) is 2. The van der Waals surface area contributed by atoms with Crippen molar-refractivity contribution in [3.05, 3.63) is 92.0 Å². The maximum atomic E-state index is 13.2. The Morgan fingerprint density at radius 2 is 1.81 bits per heavy atom. The van der Waals surface area contributed by atoms with E-state index in [1.807, 2.05) is 42.6 Å². The molecule has 0 radical (unpaired) electrons. The maximum Gasteiger partial charge on any atom is 0.259 e. The summed E-state index contributed by atoms with van der Waals surface area (Å²) in [7, 11) is 3.15. The molecule has 6 nitrogen and oxygen atoms in total. The van der Waals surface area contributed by atoms with Gasteiger partial charge in [0.15, 0.2) is 0 Å². The van der Waals surface area contributed by atoms with Gasteiger partial charge in [0.25, 0.3) is 11.8 Å². The molecular weight excluding hydrogens is 410 g/mol. The van der Waals surface area contributed by atoms with Crippen LogP contribution >= 0.6 is 11.3 Å². The van der Waals surface area contributed by atoms with Gasteiger partial charge in [0.1, 0.15) is 11.1 Å². The zero-order chi connectivity index (χ0) is 22.4. The Morgan fingerprint density at radius 1 is 1.10 bits per heavy atom. The Morgan fingerprint density at radius 3 is 2.45 bits per heavy atom. The Kier molecular flexibility index (Phi) is 7.41. The van der Waals surface area contributed by atoms with Gasteiger partial charge in [-0.2, -0.15) is 0 Å². The van der Waals surface area contributed by atoms with Gasteiger partial charge in [-0.15, -0.1) is 11.3 Å². The van der Waals surface area contributed by atoms with Crippen LogP contribution in [-0.4, -0.2) is 35.4 Å². The third-order valence-corrected chi connectivity index (χ3v) is 6.40. The molecule has 0 spiro atoms. The van der Waals surface area contributed by atoms with E-state index in [1.54, 1.807) is 34.0 Å². The molecule has 0 aliphatic heterocycles. The third kappa shape index (κ3) is 5.30. The van der Waals surface area contributed by atoms with Crippen molar-refractivity contribution >= 4 is 23.2 Å². The molecule has 1 atom stereocenters. The molecule has 3 rings (SSSR count). The minimum absolute atomic E-state index is 0.00622. The molecule has 1 N–H and O–H groups in total. The molecule has 31 heavy (non-hydrogen) atoms. The lowest BCUT2D eigenvalue weighted by atomic mass is 10.1. The molecule has 1 unspecified atom stereocenters. The van der Waals surface area contributed by atoms with Gasteiger partial charge in [0.2, 0.25) is 5.43 Å². The van der Waals surface area contributed by atoms with Crippen molar-refractivity contribution in [1.29, 1.82) is 0 Å². The second-order valence-electron chi connectivity index (χ2n) is 7.43. The van der Waals surface area contributed by atoms with Crippen molar-refractivity contribution in [2.45, 2.75) is 32.4 Å². The number of rotatable bonds is 8. The molecule has 2 amide bonds. The lowest BCUT2D eigenvalue weighted by Crippen LogP contribution is -2.36. The summed E-state index contributed by atoms with van der Waals surface area (Å²) in [5, 5.41) is 4.45. The van der Waals surface area contributed by atoms with E-state index >= 15 is 0 Å². The first-order valence-corrected chi connectivity index (χ1v) is 11.1. The molecule has 7 heteroatoms. The van der Waals surface area contributed by atoms with Crippen LogP contribution in [0.3, 0.4) is 0 Å². The van der Waals surface area contributed by atoms with Gasteiger partial charge in [-0.25, -0.2) is 0 Å². The Hall–Kier alpha value is -3.19. The van der Waals surface area contributed by atoms with Gasteiger partial charge >= 0.3 is 0 Å². The van der Waals surface area contributed by atoms with Gasteiger partial charge in [-0.1, -0.05) is 36.4 Å². The number of thiophene rings is 1. The van der Waals surface area contributed by atoms with Gasteiger partial charge in [-0.3, -0.25) is 14.4 Å². The zero-order valence-electron chi connectivity index (χ0n) is 18.0. The quantitative estimate of drug-likeness (QED) is 0.584. The predicted octanol–water partition coefficient (Wildman–Crippen LogP) is 3.74. The number of pyridine rings is 1. The molecule has 2 heterocycles. The van der Waals surface area contributed by atoms with Crippen LogP contribution in [0.2, 0.25) is 0 Å². The zero-order valence-corrected chi connectivity index (χ0v) is 18.8. The van der Waals surface area contributed by atoms with Crippen molar-refractivity contribution in [3.8, 4) is 0 Å². The van der Waals surface area contributed by atoms with Crippen molar-refractivity contribution < 1.29 is 9.59 Å². The monoisotopic (exact) mass is 437 g/mol. The number of nitrogens with one attached hydrogen (secondary N) is 1. The first kappa shape index (κ1) is 22.5. The lowest BCUT2D eigenvalue weighted by molar-refractivity contribution is 0.0742. The first-order chi connectivity index (χ1) is 14.9. The number of benzene rings is 1. The van der Waals surface area contributed by atoms with Gasteiger partial charge in [0.05, 0.1) is 6.04 Å². The van der Waals surface area contributed by atoms with E-state index in [4.69, 9.17) is 0 Å². The first-order valence-electron chi connectivity index (χ1n) is 10.2. The highest BCUT2D eigenvalue weighted by atomic mass is 32.1. The highest BCUT2D eigenvalue weighted by Gasteiger charge is 2.25. The number of hydrogen-bond donors (Lipinski definition) is 1. The molecule has 1 aromatic carbocycles. The predicted molar refractivity (Wildman–Crippen MR) is 124 cm³/mol. The minimum atomic E-state index is -0.547. The second-order valence-corrected chi connectivity index (χ2v) is 8.41. The van der Waals surface area contributed by atoms with Crippen LogP contribution in [0, 0.1) is 0 Å².